The van der Waals surface area contributed by atoms with Gasteiger partial charge in [-0.25, -0.2) is 0 Å². The lowest BCUT2D eigenvalue weighted by Gasteiger charge is -2.40. The lowest BCUT2D eigenvalue weighted by atomic mass is 9.66. The number of phenolic OH excluding ortho intramolecular Hbond substituents is 1. The number of hydrogen-bond donors (Lipinski definition) is 9. The van der Waals surface area contributed by atoms with Gasteiger partial charge >= 0.3 is 0 Å². The number of aliphatic hydroxyl groups excluding tert-OH is 3. The highest BCUT2D eigenvalue weighted by atomic mass is 16.5. The van der Waals surface area contributed by atoms with Gasteiger partial charge in [0.1, 0.15) is 24.2 Å². The van der Waals surface area contributed by atoms with Crippen molar-refractivity contribution in [1.82, 2.24) is 15.6 Å². The van der Waals surface area contributed by atoms with E-state index in [1.807, 2.05) is 25.1 Å². The lowest BCUT2D eigenvalue weighted by Crippen LogP contribution is -2.39. The third-order valence-electron chi connectivity index (χ3n) is 17.4. The van der Waals surface area contributed by atoms with Crippen LogP contribution in [0.2, 0.25) is 0 Å². The summed E-state index contributed by atoms with van der Waals surface area (Å²) in [6.07, 6.45) is 20.4. The number of hydrogen-bond acceptors (Lipinski definition) is 9. The van der Waals surface area contributed by atoms with E-state index in [2.05, 4.69) is 33.6 Å². The molecule has 12 nitrogen and oxygen atoms in total. The zero-order valence-corrected chi connectivity index (χ0v) is 40.4. The quantitative estimate of drug-likeness (QED) is 0.0395. The van der Waals surface area contributed by atoms with Gasteiger partial charge in [-0.15, -0.1) is 0 Å². The fraction of sp³-hybridized carbons (Fsp3) is 0.722. The number of aromatic hydroxyl groups is 1. The van der Waals surface area contributed by atoms with Crippen molar-refractivity contribution in [2.75, 3.05) is 33.3 Å². The molecule has 4 fully saturated rings. The van der Waals surface area contributed by atoms with E-state index in [4.69, 9.17) is 20.6 Å². The highest BCUT2D eigenvalue weighted by Gasteiger charge is 2.52. The summed E-state index contributed by atoms with van der Waals surface area (Å²) in [5, 5.41) is 49.7. The third-order valence-corrected chi connectivity index (χ3v) is 17.4. The van der Waals surface area contributed by atoms with E-state index in [0.717, 1.165) is 85.4 Å². The van der Waals surface area contributed by atoms with Gasteiger partial charge in [0, 0.05) is 68.4 Å². The fourth-order valence-corrected chi connectivity index (χ4v) is 14.0. The highest BCUT2D eigenvalue weighted by Crippen LogP contribution is 2.60. The first-order valence-electron chi connectivity index (χ1n) is 26.1. The Morgan fingerprint density at radius 1 is 0.970 bits per heavy atom. The molecule has 0 saturated heterocycles. The summed E-state index contributed by atoms with van der Waals surface area (Å²) in [5.74, 6) is 7.57. The number of nitrogens with two attached hydrogens (primary N) is 2. The Labute approximate surface area is 394 Å². The smallest absolute Gasteiger partial charge is 0.188 e. The molecule has 66 heavy (non-hydrogen) atoms. The Balaban J connectivity index is 0.857. The minimum Gasteiger partial charge on any atom is -0.504 e. The molecule has 5 aliphatic carbocycles. The van der Waals surface area contributed by atoms with E-state index in [-0.39, 0.29) is 19.0 Å². The average Bonchev–Trinajstić information content (AvgIpc) is 4.13. The number of nitrogens with one attached hydrogen (secondary N) is 3. The van der Waals surface area contributed by atoms with E-state index in [1.165, 1.54) is 88.3 Å². The van der Waals surface area contributed by atoms with Crippen LogP contribution in [0.1, 0.15) is 162 Å². The van der Waals surface area contributed by atoms with Crippen molar-refractivity contribution in [3.05, 3.63) is 69.9 Å². The molecule has 11 atom stereocenters. The normalized spacial score (nSPS) is 28.6. The van der Waals surface area contributed by atoms with Gasteiger partial charge in [-0.1, -0.05) is 38.7 Å². The number of benzene rings is 1. The summed E-state index contributed by atoms with van der Waals surface area (Å²) in [7, 11) is 1.72. The van der Waals surface area contributed by atoms with Crippen molar-refractivity contribution in [1.29, 1.82) is 0 Å². The fourth-order valence-electron chi connectivity index (χ4n) is 14.0. The number of rotatable bonds is 20. The summed E-state index contributed by atoms with van der Waals surface area (Å²) >= 11 is 0. The molecule has 3 aromatic rings. The SMILES string of the molecule is CN=C(N)NC[C@H](C)CC[C@H]1[C@@H]2CC[C@H](CCc3oc(CCc4ccc(O)c(OC[C@H](O)c5cc6c([nH]5)CC5(CCCC5)[C@H]5CCC[C@H]5[C@@H]6CNC[C@H](C)O)c4)cc3CO)C[C@H]1C[C@H](N)C2. The van der Waals surface area contributed by atoms with E-state index in [1.54, 1.807) is 13.1 Å². The van der Waals surface area contributed by atoms with Crippen LogP contribution in [0.4, 0.5) is 0 Å². The number of aryl methyl sites for hydroxylation is 3. The summed E-state index contributed by atoms with van der Waals surface area (Å²) in [6, 6.07) is 9.96. The van der Waals surface area contributed by atoms with Gasteiger partial charge in [0.15, 0.2) is 17.5 Å². The number of guanidine groups is 1. The van der Waals surface area contributed by atoms with Crippen LogP contribution in [0.15, 0.2) is 39.7 Å². The molecule has 2 aromatic heterocycles. The van der Waals surface area contributed by atoms with Gasteiger partial charge in [0.05, 0.1) is 12.7 Å². The van der Waals surface area contributed by atoms with Gasteiger partial charge in [-0.2, -0.15) is 0 Å². The van der Waals surface area contributed by atoms with Crippen LogP contribution < -0.4 is 26.8 Å². The second-order valence-corrected chi connectivity index (χ2v) is 22.0. The average molecular weight is 913 g/mol. The van der Waals surface area contributed by atoms with E-state index < -0.39 is 12.2 Å². The van der Waals surface area contributed by atoms with E-state index >= 15 is 0 Å². The summed E-state index contributed by atoms with van der Waals surface area (Å²) in [6.45, 7) is 6.35. The predicted molar refractivity (Wildman–Crippen MR) is 261 cm³/mol. The molecule has 366 valence electrons. The number of aliphatic imine (C=N–C) groups is 1. The molecule has 11 N–H and O–H groups in total. The molecule has 0 aliphatic heterocycles. The van der Waals surface area contributed by atoms with Crippen molar-refractivity contribution in [2.24, 2.45) is 63.3 Å². The molecule has 2 heterocycles. The number of nitrogens with zero attached hydrogens (tertiary/aromatic N) is 1. The second kappa shape index (κ2) is 22.3. The lowest BCUT2D eigenvalue weighted by molar-refractivity contribution is 0.101. The number of H-pyrrole nitrogens is 1. The molecule has 0 radical (unpaired) electrons. The first-order valence-corrected chi connectivity index (χ1v) is 26.1. The van der Waals surface area contributed by atoms with E-state index in [0.29, 0.717) is 78.1 Å². The molecular formula is C54H84N6O6. The van der Waals surface area contributed by atoms with Crippen LogP contribution in [0.3, 0.4) is 0 Å². The maximum atomic E-state index is 11.6. The Hall–Kier alpha value is -3.55. The zero-order chi connectivity index (χ0) is 46.4. The number of furan rings is 1. The first-order chi connectivity index (χ1) is 31.9. The Bertz CT molecular complexity index is 2040. The number of phenols is 1. The Morgan fingerprint density at radius 2 is 1.79 bits per heavy atom. The molecule has 4 saturated carbocycles. The van der Waals surface area contributed by atoms with Crippen molar-refractivity contribution >= 4 is 5.96 Å². The maximum Gasteiger partial charge on any atom is 0.188 e. The maximum absolute atomic E-state index is 11.6. The topological polar surface area (TPSA) is 208 Å². The Kier molecular flexibility index (Phi) is 16.5. The van der Waals surface area contributed by atoms with Crippen molar-refractivity contribution in [3.8, 4) is 11.5 Å². The minimum atomic E-state index is -0.886. The molecule has 1 aromatic carbocycles. The predicted octanol–water partition coefficient (Wildman–Crippen LogP) is 7.94. The molecule has 12 heteroatoms. The summed E-state index contributed by atoms with van der Waals surface area (Å²) in [4.78, 5) is 7.74. The van der Waals surface area contributed by atoms with Gasteiger partial charge in [-0.05, 0) is 173 Å². The molecule has 0 amide bonds. The molecular weight excluding hydrogens is 829 g/mol. The third kappa shape index (κ3) is 11.6. The molecule has 8 rings (SSSR count). The van der Waals surface area contributed by atoms with Gasteiger partial charge in [0.2, 0.25) is 0 Å². The molecule has 0 unspecified atom stereocenters. The summed E-state index contributed by atoms with van der Waals surface area (Å²) in [5.41, 5.74) is 18.1. The summed E-state index contributed by atoms with van der Waals surface area (Å²) < 4.78 is 12.6. The van der Waals surface area contributed by atoms with Gasteiger partial charge in [-0.3, -0.25) is 4.99 Å². The Morgan fingerprint density at radius 3 is 2.58 bits per heavy atom. The van der Waals surface area contributed by atoms with Crippen LogP contribution in [0.5, 0.6) is 11.5 Å². The highest BCUT2D eigenvalue weighted by molar-refractivity contribution is 5.77. The second-order valence-electron chi connectivity index (χ2n) is 22.0. The number of aromatic nitrogens is 1. The number of aromatic amines is 1. The van der Waals surface area contributed by atoms with Crippen LogP contribution in [0.25, 0.3) is 0 Å². The van der Waals surface area contributed by atoms with Gasteiger partial charge in [0.25, 0.3) is 0 Å². The van der Waals surface area contributed by atoms with Crippen LogP contribution in [-0.2, 0) is 32.3 Å². The number of ether oxygens (including phenoxy) is 1. The zero-order valence-electron chi connectivity index (χ0n) is 40.4. The number of aliphatic hydroxyl groups is 3. The first kappa shape index (κ1) is 48.9. The van der Waals surface area contributed by atoms with Crippen molar-refractivity contribution in [2.45, 2.75) is 167 Å². The van der Waals surface area contributed by atoms with Gasteiger partial charge < -0.3 is 56.7 Å². The van der Waals surface area contributed by atoms with Crippen molar-refractivity contribution in [3.63, 3.8) is 0 Å². The van der Waals surface area contributed by atoms with Crippen LogP contribution >= 0.6 is 0 Å². The van der Waals surface area contributed by atoms with E-state index in [9.17, 15) is 20.4 Å². The van der Waals surface area contributed by atoms with Crippen LogP contribution in [-0.4, -0.2) is 76.8 Å². The monoisotopic (exact) mass is 913 g/mol. The minimum absolute atomic E-state index is 0.0118. The van der Waals surface area contributed by atoms with Crippen LogP contribution in [0, 0.1) is 46.8 Å². The molecule has 5 aliphatic rings. The van der Waals surface area contributed by atoms with Crippen molar-refractivity contribution < 1.29 is 29.6 Å². The molecule has 2 bridgehead atoms. The largest absolute Gasteiger partial charge is 0.504 e. The standard InChI is InChI=1S/C54H84N6O6/c1-33(28-59-53(56)57-3)9-16-42-37-14-10-35(21-38(42)24-40(55)23-37)13-18-51-39(31-61)25-41(66-51)15-11-36-12-17-49(63)52(22-36)65-32-50(64)47-26-44-45(30-58-29-34(2)62)43-7-6-8-46(43)54(19-4-5-20-54)27-48(44)60-47/h12,17,22,25-26,33-35,37-38,40,42-43,45-46,50,58,60-64H,4-11,13-16,18-21,23-24,27-32,55H2,1-3H3,(H3,56,57,59)/t33-,34+,35-,37-,38+,40-,42+,43+,45+,46+,50+/m1/s1. The molecule has 1 spiro atoms. The number of fused-ring (bicyclic) bond motifs is 5.